The van der Waals surface area contributed by atoms with Gasteiger partial charge in [0.25, 0.3) is 0 Å². The van der Waals surface area contributed by atoms with E-state index < -0.39 is 0 Å². The molecule has 0 aromatic carbocycles. The van der Waals surface area contributed by atoms with Gasteiger partial charge in [0, 0.05) is 26.7 Å². The topological polar surface area (TPSA) is 38.8 Å². The summed E-state index contributed by atoms with van der Waals surface area (Å²) in [5, 5.41) is 4.25. The molecule has 102 valence electrons. The third-order valence-electron chi connectivity index (χ3n) is 2.77. The standard InChI is InChI=1S/C13H21NO3S/c1-16-9-8-14(7-4-13(15)17-2)6-3-12-5-10-18-11-12/h5,10-11H,3-4,6-9H2,1-2H3. The van der Waals surface area contributed by atoms with Gasteiger partial charge < -0.3 is 14.4 Å². The van der Waals surface area contributed by atoms with E-state index in [4.69, 9.17) is 4.74 Å². The van der Waals surface area contributed by atoms with Crippen LogP contribution in [0.2, 0.25) is 0 Å². The first-order valence-corrected chi connectivity index (χ1v) is 6.99. The molecule has 0 amide bonds. The first-order valence-electron chi connectivity index (χ1n) is 6.05. The molecule has 0 unspecified atom stereocenters. The molecule has 0 saturated heterocycles. The number of methoxy groups -OCH3 is 2. The number of carbonyl (C=O) groups excluding carboxylic acids is 1. The minimum Gasteiger partial charge on any atom is -0.469 e. The van der Waals surface area contributed by atoms with E-state index >= 15 is 0 Å². The molecule has 1 aromatic rings. The van der Waals surface area contributed by atoms with Crippen LogP contribution in [0.4, 0.5) is 0 Å². The van der Waals surface area contributed by atoms with Crippen LogP contribution in [0.15, 0.2) is 16.8 Å². The molecule has 1 rings (SSSR count). The largest absolute Gasteiger partial charge is 0.469 e. The molecule has 0 fully saturated rings. The average molecular weight is 271 g/mol. The predicted octanol–water partition coefficient (Wildman–Crippen LogP) is 1.80. The van der Waals surface area contributed by atoms with Crippen LogP contribution < -0.4 is 0 Å². The fourth-order valence-electron chi connectivity index (χ4n) is 1.63. The summed E-state index contributed by atoms with van der Waals surface area (Å²) in [6.07, 6.45) is 1.44. The van der Waals surface area contributed by atoms with Gasteiger partial charge in [-0.25, -0.2) is 0 Å². The fourth-order valence-corrected chi connectivity index (χ4v) is 2.33. The Bertz CT molecular complexity index is 327. The molecule has 18 heavy (non-hydrogen) atoms. The second-order valence-electron chi connectivity index (χ2n) is 4.04. The molecule has 0 aliphatic rings. The average Bonchev–Trinajstić information content (AvgIpc) is 2.90. The number of rotatable bonds is 9. The zero-order valence-electron chi connectivity index (χ0n) is 11.1. The summed E-state index contributed by atoms with van der Waals surface area (Å²) in [7, 11) is 3.12. The summed E-state index contributed by atoms with van der Waals surface area (Å²) in [6, 6.07) is 2.14. The monoisotopic (exact) mass is 271 g/mol. The van der Waals surface area contributed by atoms with Gasteiger partial charge in [0.2, 0.25) is 0 Å². The smallest absolute Gasteiger partial charge is 0.306 e. The summed E-state index contributed by atoms with van der Waals surface area (Å²) in [5.41, 5.74) is 1.35. The second kappa shape index (κ2) is 9.08. The number of carbonyl (C=O) groups is 1. The molecule has 4 nitrogen and oxygen atoms in total. The van der Waals surface area contributed by atoms with Gasteiger partial charge in [0.15, 0.2) is 0 Å². The molecule has 1 aromatic heterocycles. The van der Waals surface area contributed by atoms with E-state index in [1.807, 2.05) is 0 Å². The van der Waals surface area contributed by atoms with E-state index in [-0.39, 0.29) is 5.97 Å². The zero-order chi connectivity index (χ0) is 13.2. The molecule has 0 atom stereocenters. The normalized spacial score (nSPS) is 10.8. The highest BCUT2D eigenvalue weighted by Crippen LogP contribution is 2.07. The Kier molecular flexibility index (Phi) is 7.64. The number of hydrogen-bond acceptors (Lipinski definition) is 5. The van der Waals surface area contributed by atoms with Crippen molar-refractivity contribution in [3.8, 4) is 0 Å². The number of thiophene rings is 1. The van der Waals surface area contributed by atoms with E-state index in [0.29, 0.717) is 13.0 Å². The highest BCUT2D eigenvalue weighted by molar-refractivity contribution is 7.07. The van der Waals surface area contributed by atoms with Gasteiger partial charge in [0.1, 0.15) is 0 Å². The highest BCUT2D eigenvalue weighted by Gasteiger charge is 2.08. The number of nitrogens with zero attached hydrogens (tertiary/aromatic N) is 1. The highest BCUT2D eigenvalue weighted by atomic mass is 32.1. The second-order valence-corrected chi connectivity index (χ2v) is 4.82. The van der Waals surface area contributed by atoms with Gasteiger partial charge in [0.05, 0.1) is 20.1 Å². The Balaban J connectivity index is 2.32. The molecule has 0 radical (unpaired) electrons. The lowest BCUT2D eigenvalue weighted by Crippen LogP contribution is -2.31. The minimum absolute atomic E-state index is 0.159. The van der Waals surface area contributed by atoms with Crippen LogP contribution in [-0.4, -0.2) is 51.3 Å². The number of hydrogen-bond donors (Lipinski definition) is 0. The molecule has 0 N–H and O–H groups in total. The zero-order valence-corrected chi connectivity index (χ0v) is 11.9. The molecule has 5 heteroatoms. The van der Waals surface area contributed by atoms with Crippen LogP contribution in [0.1, 0.15) is 12.0 Å². The van der Waals surface area contributed by atoms with Crippen molar-refractivity contribution in [3.05, 3.63) is 22.4 Å². The van der Waals surface area contributed by atoms with Crippen molar-refractivity contribution in [1.82, 2.24) is 4.90 Å². The van der Waals surface area contributed by atoms with Crippen molar-refractivity contribution in [2.45, 2.75) is 12.8 Å². The van der Waals surface area contributed by atoms with Crippen LogP contribution in [0, 0.1) is 0 Å². The van der Waals surface area contributed by atoms with Crippen molar-refractivity contribution in [1.29, 1.82) is 0 Å². The Labute approximate surface area is 113 Å². The molecule has 1 heterocycles. The maximum Gasteiger partial charge on any atom is 0.306 e. The molecule has 0 aliphatic heterocycles. The third kappa shape index (κ3) is 6.14. The molecular formula is C13H21NO3S. The van der Waals surface area contributed by atoms with E-state index in [2.05, 4.69) is 26.5 Å². The quantitative estimate of drug-likeness (QED) is 0.642. The van der Waals surface area contributed by atoms with E-state index in [0.717, 1.165) is 26.1 Å². The van der Waals surface area contributed by atoms with Gasteiger partial charge in [-0.1, -0.05) is 0 Å². The summed E-state index contributed by atoms with van der Waals surface area (Å²) >= 11 is 1.71. The molecule has 0 spiro atoms. The summed E-state index contributed by atoms with van der Waals surface area (Å²) in [6.45, 7) is 3.19. The van der Waals surface area contributed by atoms with Crippen molar-refractivity contribution in [2.24, 2.45) is 0 Å². The Morgan fingerprint density at radius 3 is 2.78 bits per heavy atom. The lowest BCUT2D eigenvalue weighted by molar-refractivity contribution is -0.141. The van der Waals surface area contributed by atoms with E-state index in [1.54, 1.807) is 18.4 Å². The Hall–Kier alpha value is -0.910. The van der Waals surface area contributed by atoms with Crippen LogP contribution in [-0.2, 0) is 20.7 Å². The van der Waals surface area contributed by atoms with Crippen molar-refractivity contribution < 1.29 is 14.3 Å². The van der Waals surface area contributed by atoms with E-state index in [1.165, 1.54) is 12.7 Å². The summed E-state index contributed by atoms with van der Waals surface area (Å²) in [5.74, 6) is -0.159. The Morgan fingerprint density at radius 1 is 1.33 bits per heavy atom. The molecular weight excluding hydrogens is 250 g/mol. The number of ether oxygens (including phenoxy) is 2. The van der Waals surface area contributed by atoms with Crippen molar-refractivity contribution in [2.75, 3.05) is 40.5 Å². The SMILES string of the molecule is COCCN(CCC(=O)OC)CCc1ccsc1. The van der Waals surface area contributed by atoms with Gasteiger partial charge >= 0.3 is 5.97 Å². The maximum absolute atomic E-state index is 11.1. The first-order chi connectivity index (χ1) is 8.76. The maximum atomic E-state index is 11.1. The van der Waals surface area contributed by atoms with E-state index in [9.17, 15) is 4.79 Å². The van der Waals surface area contributed by atoms with Crippen LogP contribution in [0.3, 0.4) is 0 Å². The minimum atomic E-state index is -0.159. The Morgan fingerprint density at radius 2 is 2.17 bits per heavy atom. The van der Waals surface area contributed by atoms with Gasteiger partial charge in [-0.2, -0.15) is 11.3 Å². The van der Waals surface area contributed by atoms with Crippen LogP contribution in [0.25, 0.3) is 0 Å². The lowest BCUT2D eigenvalue weighted by atomic mass is 10.2. The fraction of sp³-hybridized carbons (Fsp3) is 0.615. The number of esters is 1. The van der Waals surface area contributed by atoms with Gasteiger partial charge in [-0.3, -0.25) is 4.79 Å². The van der Waals surface area contributed by atoms with Crippen LogP contribution >= 0.6 is 11.3 Å². The van der Waals surface area contributed by atoms with Crippen molar-refractivity contribution in [3.63, 3.8) is 0 Å². The third-order valence-corrected chi connectivity index (χ3v) is 3.50. The van der Waals surface area contributed by atoms with Crippen LogP contribution in [0.5, 0.6) is 0 Å². The molecule has 0 aliphatic carbocycles. The summed E-state index contributed by atoms with van der Waals surface area (Å²) in [4.78, 5) is 13.4. The van der Waals surface area contributed by atoms with Gasteiger partial charge in [-0.15, -0.1) is 0 Å². The summed E-state index contributed by atoms with van der Waals surface area (Å²) < 4.78 is 9.75. The van der Waals surface area contributed by atoms with Crippen molar-refractivity contribution >= 4 is 17.3 Å². The first kappa shape index (κ1) is 15.1. The predicted molar refractivity (Wildman–Crippen MR) is 73.0 cm³/mol. The van der Waals surface area contributed by atoms with Gasteiger partial charge in [-0.05, 0) is 28.8 Å². The molecule has 0 saturated carbocycles. The molecule has 0 bridgehead atoms. The lowest BCUT2D eigenvalue weighted by Gasteiger charge is -2.21.